The summed E-state index contributed by atoms with van der Waals surface area (Å²) in [6, 6.07) is 0. The summed E-state index contributed by atoms with van der Waals surface area (Å²) in [6.07, 6.45) is 5.60. The summed E-state index contributed by atoms with van der Waals surface area (Å²) in [5, 5.41) is 20.6. The van der Waals surface area contributed by atoms with E-state index in [2.05, 4.69) is 6.92 Å². The number of aliphatic hydroxyl groups excluding tert-OH is 2. The van der Waals surface area contributed by atoms with Crippen LogP contribution in [0.15, 0.2) is 23.8 Å². The van der Waals surface area contributed by atoms with Gasteiger partial charge < -0.3 is 10.2 Å². The lowest BCUT2D eigenvalue weighted by Gasteiger charge is -2.55. The van der Waals surface area contributed by atoms with Gasteiger partial charge in [-0.3, -0.25) is 9.59 Å². The number of carbonyl (C=O) groups excluding carboxylic acids is 2. The van der Waals surface area contributed by atoms with E-state index in [1.54, 1.807) is 0 Å². The third-order valence-corrected chi connectivity index (χ3v) is 7.72. The largest absolute Gasteiger partial charge is 0.393 e. The van der Waals surface area contributed by atoms with Gasteiger partial charge in [-0.25, -0.2) is 4.39 Å². The SMILES string of the molecule is C/C=C\[C@@](C)(/C(=C\C=O)[C@H](C)F)C1C(C)C2CC[C@H](C(=O)CO)[C@@]2(C)C[C@@H]1O. The monoisotopic (exact) mass is 394 g/mol. The van der Waals surface area contributed by atoms with Crippen molar-refractivity contribution in [2.45, 2.75) is 66.2 Å². The number of halogens is 1. The highest BCUT2D eigenvalue weighted by atomic mass is 19.1. The van der Waals surface area contributed by atoms with Crippen LogP contribution >= 0.6 is 0 Å². The molecule has 0 amide bonds. The van der Waals surface area contributed by atoms with E-state index in [1.807, 2.05) is 32.9 Å². The van der Waals surface area contributed by atoms with E-state index < -0.39 is 24.3 Å². The number of allylic oxidation sites excluding steroid dienone is 4. The Morgan fingerprint density at radius 2 is 2.04 bits per heavy atom. The molecule has 2 aliphatic carbocycles. The first kappa shape index (κ1) is 23.0. The van der Waals surface area contributed by atoms with Crippen molar-refractivity contribution in [2.24, 2.45) is 34.5 Å². The van der Waals surface area contributed by atoms with Crippen LogP contribution in [0.3, 0.4) is 0 Å². The van der Waals surface area contributed by atoms with Crippen molar-refractivity contribution in [3.63, 3.8) is 0 Å². The summed E-state index contributed by atoms with van der Waals surface area (Å²) in [5.74, 6) is -0.454. The molecule has 0 radical (unpaired) electrons. The van der Waals surface area contributed by atoms with Crippen LogP contribution in [0.4, 0.5) is 4.39 Å². The van der Waals surface area contributed by atoms with E-state index in [4.69, 9.17) is 0 Å². The van der Waals surface area contributed by atoms with Crippen LogP contribution in [-0.2, 0) is 9.59 Å². The minimum Gasteiger partial charge on any atom is -0.393 e. The highest BCUT2D eigenvalue weighted by molar-refractivity contribution is 5.83. The van der Waals surface area contributed by atoms with Gasteiger partial charge in [0.05, 0.1) is 6.10 Å². The highest BCUT2D eigenvalue weighted by Gasteiger charge is 2.60. The molecule has 8 atom stereocenters. The zero-order chi connectivity index (χ0) is 21.3. The molecule has 28 heavy (non-hydrogen) atoms. The van der Waals surface area contributed by atoms with Gasteiger partial charge in [-0.2, -0.15) is 0 Å². The van der Waals surface area contributed by atoms with Crippen molar-refractivity contribution in [3.05, 3.63) is 23.8 Å². The molecular weight excluding hydrogens is 359 g/mol. The second kappa shape index (κ2) is 8.58. The summed E-state index contributed by atoms with van der Waals surface area (Å²) < 4.78 is 14.5. The fourth-order valence-electron chi connectivity index (χ4n) is 6.74. The molecule has 2 rings (SSSR count). The van der Waals surface area contributed by atoms with Crippen LogP contribution in [-0.4, -0.2) is 41.2 Å². The number of aliphatic hydroxyl groups is 2. The number of Topliss-reactive ketones (excluding diaryl/α,β-unsaturated/α-hetero) is 1. The van der Waals surface area contributed by atoms with Crippen LogP contribution in [0.25, 0.3) is 0 Å². The summed E-state index contributed by atoms with van der Waals surface area (Å²) in [7, 11) is 0. The van der Waals surface area contributed by atoms with E-state index in [-0.39, 0.29) is 34.9 Å². The Morgan fingerprint density at radius 3 is 2.54 bits per heavy atom. The molecule has 5 heteroatoms. The van der Waals surface area contributed by atoms with Crippen LogP contribution in [0, 0.1) is 34.5 Å². The minimum atomic E-state index is -1.31. The molecule has 0 aromatic rings. The van der Waals surface area contributed by atoms with Gasteiger partial charge in [0, 0.05) is 17.3 Å². The average Bonchev–Trinajstić information content (AvgIpc) is 2.95. The lowest BCUT2D eigenvalue weighted by Crippen LogP contribution is -2.54. The lowest BCUT2D eigenvalue weighted by atomic mass is 9.50. The maximum atomic E-state index is 14.5. The number of hydrogen-bond acceptors (Lipinski definition) is 4. The first-order valence-corrected chi connectivity index (χ1v) is 10.3. The second-order valence-electron chi connectivity index (χ2n) is 9.18. The fraction of sp³-hybridized carbons (Fsp3) is 0.739. The minimum absolute atomic E-state index is 0.0280. The zero-order valence-electron chi connectivity index (χ0n) is 17.7. The predicted octanol–water partition coefficient (Wildman–Crippen LogP) is 3.66. The van der Waals surface area contributed by atoms with E-state index in [0.717, 1.165) is 6.42 Å². The molecule has 158 valence electrons. The standard InChI is InChI=1S/C23H35FO4/c1-6-10-22(4,17(9-11-25)15(3)24)21-14(2)16-7-8-18(20(28)13-26)23(16,5)12-19(21)27/h6,9-11,14-16,18-19,21,26-27H,7-8,12-13H2,1-5H3/b10-6-,17-9-/t14?,15-,16?,18+,19-,21?,22-,23-/m0/s1. The lowest BCUT2D eigenvalue weighted by molar-refractivity contribution is -0.137. The Balaban J connectivity index is 2.51. The number of aldehydes is 1. The third-order valence-electron chi connectivity index (χ3n) is 7.72. The van der Waals surface area contributed by atoms with E-state index >= 15 is 0 Å². The summed E-state index contributed by atoms with van der Waals surface area (Å²) in [6.45, 7) is 8.83. The number of rotatable bonds is 7. The first-order chi connectivity index (χ1) is 13.1. The maximum Gasteiger partial charge on any atom is 0.161 e. The third kappa shape index (κ3) is 3.63. The summed E-state index contributed by atoms with van der Waals surface area (Å²) in [5.41, 5.74) is -0.800. The molecule has 3 unspecified atom stereocenters. The van der Waals surface area contributed by atoms with Crippen molar-refractivity contribution < 1.29 is 24.2 Å². The Labute approximate surface area is 167 Å². The molecule has 0 bridgehead atoms. The van der Waals surface area contributed by atoms with Gasteiger partial charge in [0.2, 0.25) is 0 Å². The van der Waals surface area contributed by atoms with Crippen molar-refractivity contribution in [3.8, 4) is 0 Å². The van der Waals surface area contributed by atoms with Gasteiger partial charge in [0.25, 0.3) is 0 Å². The molecule has 2 saturated carbocycles. The topological polar surface area (TPSA) is 74.6 Å². The average molecular weight is 395 g/mol. The van der Waals surface area contributed by atoms with Crippen LogP contribution in [0.1, 0.15) is 53.9 Å². The van der Waals surface area contributed by atoms with Crippen molar-refractivity contribution in [1.29, 1.82) is 0 Å². The second-order valence-corrected chi connectivity index (χ2v) is 9.18. The molecule has 0 spiro atoms. The Morgan fingerprint density at radius 1 is 1.39 bits per heavy atom. The molecule has 2 aliphatic rings. The Hall–Kier alpha value is -1.33. The van der Waals surface area contributed by atoms with Gasteiger partial charge in [0.15, 0.2) is 5.78 Å². The molecule has 0 aromatic heterocycles. The predicted molar refractivity (Wildman–Crippen MR) is 107 cm³/mol. The van der Waals surface area contributed by atoms with Crippen LogP contribution in [0.5, 0.6) is 0 Å². The van der Waals surface area contributed by atoms with Gasteiger partial charge in [-0.15, -0.1) is 0 Å². The van der Waals surface area contributed by atoms with E-state index in [9.17, 15) is 24.2 Å². The molecule has 2 N–H and O–H groups in total. The molecular formula is C23H35FO4. The maximum absolute atomic E-state index is 14.5. The van der Waals surface area contributed by atoms with Crippen molar-refractivity contribution in [1.82, 2.24) is 0 Å². The van der Waals surface area contributed by atoms with Crippen LogP contribution < -0.4 is 0 Å². The van der Waals surface area contributed by atoms with Gasteiger partial charge in [-0.05, 0) is 62.0 Å². The Kier molecular flexibility index (Phi) is 7.03. The molecule has 0 aromatic carbocycles. The van der Waals surface area contributed by atoms with Crippen molar-refractivity contribution >= 4 is 12.1 Å². The first-order valence-electron chi connectivity index (χ1n) is 10.3. The molecule has 0 saturated heterocycles. The number of fused-ring (bicyclic) bond motifs is 1. The van der Waals surface area contributed by atoms with Crippen molar-refractivity contribution in [2.75, 3.05) is 6.61 Å². The Bertz CT molecular complexity index is 655. The summed E-state index contributed by atoms with van der Waals surface area (Å²) >= 11 is 0. The van der Waals surface area contributed by atoms with E-state index in [1.165, 1.54) is 13.0 Å². The number of carbonyl (C=O) groups is 2. The van der Waals surface area contributed by atoms with Gasteiger partial charge in [-0.1, -0.05) is 32.9 Å². The molecule has 0 aliphatic heterocycles. The summed E-state index contributed by atoms with van der Waals surface area (Å²) in [4.78, 5) is 23.5. The molecule has 0 heterocycles. The molecule has 4 nitrogen and oxygen atoms in total. The number of hydrogen-bond donors (Lipinski definition) is 2. The molecule has 2 fully saturated rings. The van der Waals surface area contributed by atoms with Gasteiger partial charge >= 0.3 is 0 Å². The normalized spacial score (nSPS) is 39.4. The van der Waals surface area contributed by atoms with Crippen LogP contribution in [0.2, 0.25) is 0 Å². The quantitative estimate of drug-likeness (QED) is 0.393. The fourth-order valence-corrected chi connectivity index (χ4v) is 6.74. The number of ketones is 1. The van der Waals surface area contributed by atoms with Gasteiger partial charge in [0.1, 0.15) is 19.1 Å². The smallest absolute Gasteiger partial charge is 0.161 e. The zero-order valence-corrected chi connectivity index (χ0v) is 17.7. The van der Waals surface area contributed by atoms with E-state index in [0.29, 0.717) is 24.7 Å². The number of alkyl halides is 1. The highest BCUT2D eigenvalue weighted by Crippen LogP contribution is 2.62.